The molecule has 1 aliphatic carbocycles. The first-order valence-electron chi connectivity index (χ1n) is 8.15. The molecule has 0 saturated carbocycles. The van der Waals surface area contributed by atoms with Crippen molar-refractivity contribution in [2.24, 2.45) is 0 Å². The summed E-state index contributed by atoms with van der Waals surface area (Å²) >= 11 is 0. The zero-order valence-corrected chi connectivity index (χ0v) is 15.4. The van der Waals surface area contributed by atoms with Gasteiger partial charge in [-0.15, -0.1) is 0 Å². The summed E-state index contributed by atoms with van der Waals surface area (Å²) in [6.07, 6.45) is 0.533. The van der Waals surface area contributed by atoms with E-state index in [4.69, 9.17) is 18.9 Å². The van der Waals surface area contributed by atoms with E-state index in [0.29, 0.717) is 40.5 Å². The third-order valence-electron chi connectivity index (χ3n) is 4.61. The Balaban J connectivity index is 2.41. The molecule has 3 rings (SSSR count). The van der Waals surface area contributed by atoms with Crippen molar-refractivity contribution in [3.8, 4) is 23.0 Å². The first-order valence-corrected chi connectivity index (χ1v) is 8.15. The monoisotopic (exact) mass is 356 g/mol. The highest BCUT2D eigenvalue weighted by atomic mass is 16.5. The number of hydrogen-bond donors (Lipinski definition) is 0. The molecule has 0 atom stereocenters. The summed E-state index contributed by atoms with van der Waals surface area (Å²) in [7, 11) is 5.92. The SMILES string of the molecule is CCc1c(OC)cc(OC)c2c1C(=O)c1cc(OC)cc(OC)c1C2=O. The summed E-state index contributed by atoms with van der Waals surface area (Å²) in [6.45, 7) is 1.91. The van der Waals surface area contributed by atoms with E-state index < -0.39 is 0 Å². The van der Waals surface area contributed by atoms with E-state index in [1.54, 1.807) is 18.2 Å². The molecule has 26 heavy (non-hydrogen) atoms. The van der Waals surface area contributed by atoms with Gasteiger partial charge >= 0.3 is 0 Å². The van der Waals surface area contributed by atoms with Gasteiger partial charge < -0.3 is 18.9 Å². The Labute approximate surface area is 151 Å². The number of fused-ring (bicyclic) bond motifs is 2. The Hall–Kier alpha value is -3.02. The Bertz CT molecular complexity index is 913. The Morgan fingerprint density at radius 3 is 1.85 bits per heavy atom. The van der Waals surface area contributed by atoms with Gasteiger partial charge in [-0.3, -0.25) is 9.59 Å². The number of ketones is 2. The van der Waals surface area contributed by atoms with Crippen LogP contribution in [0.1, 0.15) is 44.3 Å². The maximum atomic E-state index is 13.3. The number of carbonyl (C=O) groups excluding carboxylic acids is 2. The second kappa shape index (κ2) is 6.71. The van der Waals surface area contributed by atoms with E-state index >= 15 is 0 Å². The summed E-state index contributed by atoms with van der Waals surface area (Å²) in [5.41, 5.74) is 1.71. The third kappa shape index (κ3) is 2.41. The van der Waals surface area contributed by atoms with Crippen molar-refractivity contribution < 1.29 is 28.5 Å². The number of ether oxygens (including phenoxy) is 4. The molecule has 0 spiro atoms. The van der Waals surface area contributed by atoms with E-state index in [9.17, 15) is 9.59 Å². The van der Waals surface area contributed by atoms with Crippen LogP contribution in [0.4, 0.5) is 0 Å². The van der Waals surface area contributed by atoms with E-state index in [2.05, 4.69) is 0 Å². The summed E-state index contributed by atoms with van der Waals surface area (Å²) in [5.74, 6) is 0.958. The number of methoxy groups -OCH3 is 4. The predicted octanol–water partition coefficient (Wildman–Crippen LogP) is 3.06. The second-order valence-electron chi connectivity index (χ2n) is 5.77. The molecule has 2 aromatic rings. The van der Waals surface area contributed by atoms with Gasteiger partial charge in [-0.25, -0.2) is 0 Å². The third-order valence-corrected chi connectivity index (χ3v) is 4.61. The zero-order valence-electron chi connectivity index (χ0n) is 15.4. The molecule has 0 aliphatic heterocycles. The van der Waals surface area contributed by atoms with Gasteiger partial charge in [0.25, 0.3) is 0 Å². The highest BCUT2D eigenvalue weighted by Crippen LogP contribution is 2.43. The van der Waals surface area contributed by atoms with E-state index in [1.807, 2.05) is 6.92 Å². The topological polar surface area (TPSA) is 71.1 Å². The second-order valence-corrected chi connectivity index (χ2v) is 5.77. The molecule has 136 valence electrons. The van der Waals surface area contributed by atoms with Crippen molar-refractivity contribution in [3.05, 3.63) is 46.0 Å². The van der Waals surface area contributed by atoms with Crippen LogP contribution in [0.25, 0.3) is 0 Å². The molecule has 1 aliphatic rings. The molecule has 0 saturated heterocycles. The van der Waals surface area contributed by atoms with Crippen LogP contribution in [-0.2, 0) is 6.42 Å². The average Bonchev–Trinajstić information content (AvgIpc) is 2.68. The van der Waals surface area contributed by atoms with Crippen LogP contribution in [-0.4, -0.2) is 40.0 Å². The van der Waals surface area contributed by atoms with Crippen LogP contribution in [0.3, 0.4) is 0 Å². The van der Waals surface area contributed by atoms with Crippen molar-refractivity contribution in [1.82, 2.24) is 0 Å². The maximum Gasteiger partial charge on any atom is 0.202 e. The van der Waals surface area contributed by atoms with E-state index in [-0.39, 0.29) is 28.3 Å². The lowest BCUT2D eigenvalue weighted by molar-refractivity contribution is 0.0972. The lowest BCUT2D eigenvalue weighted by Crippen LogP contribution is -2.24. The fraction of sp³-hybridized carbons (Fsp3) is 0.300. The highest BCUT2D eigenvalue weighted by Gasteiger charge is 2.38. The molecule has 0 amide bonds. The minimum Gasteiger partial charge on any atom is -0.497 e. The highest BCUT2D eigenvalue weighted by molar-refractivity contribution is 6.31. The van der Waals surface area contributed by atoms with Crippen LogP contribution < -0.4 is 18.9 Å². The van der Waals surface area contributed by atoms with Crippen LogP contribution in [0.5, 0.6) is 23.0 Å². The number of hydrogen-bond acceptors (Lipinski definition) is 6. The van der Waals surface area contributed by atoms with Gasteiger partial charge in [0.2, 0.25) is 5.78 Å². The van der Waals surface area contributed by atoms with E-state index in [1.165, 1.54) is 28.4 Å². The zero-order chi connectivity index (χ0) is 19.0. The molecule has 0 N–H and O–H groups in total. The minimum absolute atomic E-state index is 0.219. The first kappa shape index (κ1) is 17.8. The maximum absolute atomic E-state index is 13.3. The smallest absolute Gasteiger partial charge is 0.202 e. The first-order chi connectivity index (χ1) is 12.5. The fourth-order valence-electron chi connectivity index (χ4n) is 3.39. The van der Waals surface area contributed by atoms with Gasteiger partial charge in [-0.05, 0) is 12.5 Å². The van der Waals surface area contributed by atoms with Gasteiger partial charge in [0, 0.05) is 28.8 Å². The van der Waals surface area contributed by atoms with E-state index in [0.717, 1.165) is 0 Å². The quantitative estimate of drug-likeness (QED) is 0.700. The van der Waals surface area contributed by atoms with Crippen molar-refractivity contribution in [2.45, 2.75) is 13.3 Å². The van der Waals surface area contributed by atoms with Crippen molar-refractivity contribution in [2.75, 3.05) is 28.4 Å². The lowest BCUT2D eigenvalue weighted by atomic mass is 9.80. The normalized spacial score (nSPS) is 12.3. The van der Waals surface area contributed by atoms with Gasteiger partial charge in [-0.2, -0.15) is 0 Å². The predicted molar refractivity (Wildman–Crippen MR) is 95.3 cm³/mol. The van der Waals surface area contributed by atoms with Gasteiger partial charge in [-0.1, -0.05) is 6.92 Å². The standard InChI is InChI=1S/C20H20O6/c1-6-11-13(24-3)9-15(26-5)18-17(11)19(21)12-7-10(23-2)8-14(25-4)16(12)20(18)22/h7-9H,6H2,1-5H3. The average molecular weight is 356 g/mol. The summed E-state index contributed by atoms with van der Waals surface area (Å²) < 4.78 is 21.4. The number of carbonyl (C=O) groups is 2. The minimum atomic E-state index is -0.316. The molecule has 0 radical (unpaired) electrons. The molecule has 6 heteroatoms. The van der Waals surface area contributed by atoms with Crippen molar-refractivity contribution in [3.63, 3.8) is 0 Å². The molecule has 0 bridgehead atoms. The van der Waals surface area contributed by atoms with Gasteiger partial charge in [0.1, 0.15) is 23.0 Å². The lowest BCUT2D eigenvalue weighted by Gasteiger charge is -2.25. The number of benzene rings is 2. The van der Waals surface area contributed by atoms with Gasteiger partial charge in [0.05, 0.1) is 39.6 Å². The van der Waals surface area contributed by atoms with Crippen LogP contribution in [0.2, 0.25) is 0 Å². The Morgan fingerprint density at radius 2 is 1.31 bits per heavy atom. The molecule has 2 aromatic carbocycles. The molecule has 0 unspecified atom stereocenters. The largest absolute Gasteiger partial charge is 0.497 e. The summed E-state index contributed by atoms with van der Waals surface area (Å²) in [5, 5.41) is 0. The molecule has 0 aromatic heterocycles. The number of rotatable bonds is 5. The molecule has 6 nitrogen and oxygen atoms in total. The molecular formula is C20H20O6. The van der Waals surface area contributed by atoms with Crippen molar-refractivity contribution >= 4 is 11.6 Å². The Kier molecular flexibility index (Phi) is 4.59. The van der Waals surface area contributed by atoms with Crippen LogP contribution in [0, 0.1) is 0 Å². The summed E-state index contributed by atoms with van der Waals surface area (Å²) in [4.78, 5) is 26.6. The van der Waals surface area contributed by atoms with Gasteiger partial charge in [0.15, 0.2) is 5.78 Å². The van der Waals surface area contributed by atoms with Crippen molar-refractivity contribution in [1.29, 1.82) is 0 Å². The molecule has 0 fully saturated rings. The van der Waals surface area contributed by atoms with Crippen LogP contribution in [0.15, 0.2) is 18.2 Å². The molecular weight excluding hydrogens is 336 g/mol. The molecule has 0 heterocycles. The Morgan fingerprint density at radius 1 is 0.692 bits per heavy atom. The van der Waals surface area contributed by atoms with Crippen LogP contribution >= 0.6 is 0 Å². The summed E-state index contributed by atoms with van der Waals surface area (Å²) in [6, 6.07) is 4.79. The fourth-order valence-corrected chi connectivity index (χ4v) is 3.39.